The predicted octanol–water partition coefficient (Wildman–Crippen LogP) is 3.12. The number of rotatable bonds is 2. The van der Waals surface area contributed by atoms with Gasteiger partial charge in [-0.1, -0.05) is 29.4 Å². The zero-order chi connectivity index (χ0) is 11.7. The molecule has 1 aromatic heterocycles. The standard InChI is InChI=1S/C11H12ClN3S/c1-7-6-10(15(2)14-7)16-9-5-3-4-8(12)11(9)13/h3-6H,13H2,1-2H3. The Bertz CT molecular complexity index is 522. The fraction of sp³-hybridized carbons (Fsp3) is 0.182. The van der Waals surface area contributed by atoms with E-state index in [4.69, 9.17) is 17.3 Å². The maximum Gasteiger partial charge on any atom is 0.0987 e. The summed E-state index contributed by atoms with van der Waals surface area (Å²) in [5, 5.41) is 5.92. The number of hydrogen-bond donors (Lipinski definition) is 1. The van der Waals surface area contributed by atoms with E-state index in [-0.39, 0.29) is 0 Å². The number of aromatic nitrogens is 2. The number of aryl methyl sites for hydroxylation is 2. The summed E-state index contributed by atoms with van der Waals surface area (Å²) in [5.41, 5.74) is 7.51. The lowest BCUT2D eigenvalue weighted by molar-refractivity contribution is 0.692. The Morgan fingerprint density at radius 3 is 2.81 bits per heavy atom. The van der Waals surface area contributed by atoms with Gasteiger partial charge in [-0.05, 0) is 25.1 Å². The van der Waals surface area contributed by atoms with E-state index in [0.29, 0.717) is 10.7 Å². The molecule has 2 rings (SSSR count). The first kappa shape index (κ1) is 11.4. The summed E-state index contributed by atoms with van der Waals surface area (Å²) < 4.78 is 1.83. The summed E-state index contributed by atoms with van der Waals surface area (Å²) in [6, 6.07) is 7.65. The molecule has 0 unspecified atom stereocenters. The molecule has 84 valence electrons. The van der Waals surface area contributed by atoms with E-state index in [1.54, 1.807) is 17.8 Å². The highest BCUT2D eigenvalue weighted by molar-refractivity contribution is 7.99. The zero-order valence-corrected chi connectivity index (χ0v) is 10.6. The van der Waals surface area contributed by atoms with Crippen LogP contribution in [0.2, 0.25) is 5.02 Å². The summed E-state index contributed by atoms with van der Waals surface area (Å²) in [6.45, 7) is 1.96. The minimum absolute atomic E-state index is 0.587. The van der Waals surface area contributed by atoms with Crippen molar-refractivity contribution in [2.45, 2.75) is 16.8 Å². The van der Waals surface area contributed by atoms with Crippen LogP contribution in [0.1, 0.15) is 5.69 Å². The van der Waals surface area contributed by atoms with E-state index >= 15 is 0 Å². The van der Waals surface area contributed by atoms with Gasteiger partial charge >= 0.3 is 0 Å². The molecule has 0 amide bonds. The van der Waals surface area contributed by atoms with E-state index < -0.39 is 0 Å². The topological polar surface area (TPSA) is 43.8 Å². The molecule has 0 aliphatic carbocycles. The number of nitrogens with zero attached hydrogens (tertiary/aromatic N) is 2. The molecule has 2 N–H and O–H groups in total. The fourth-order valence-corrected chi connectivity index (χ4v) is 2.63. The van der Waals surface area contributed by atoms with Crippen LogP contribution in [-0.4, -0.2) is 9.78 Å². The third-order valence-corrected chi connectivity index (χ3v) is 3.68. The van der Waals surface area contributed by atoms with Crippen molar-refractivity contribution < 1.29 is 0 Å². The number of halogens is 1. The van der Waals surface area contributed by atoms with Gasteiger partial charge in [0.1, 0.15) is 0 Å². The zero-order valence-electron chi connectivity index (χ0n) is 9.07. The molecule has 0 radical (unpaired) electrons. The van der Waals surface area contributed by atoms with E-state index in [2.05, 4.69) is 5.10 Å². The van der Waals surface area contributed by atoms with E-state index in [9.17, 15) is 0 Å². The number of nitrogens with two attached hydrogens (primary N) is 1. The summed E-state index contributed by atoms with van der Waals surface area (Å²) in [6.07, 6.45) is 0. The molecule has 0 fully saturated rings. The third-order valence-electron chi connectivity index (χ3n) is 2.19. The van der Waals surface area contributed by atoms with Crippen LogP contribution in [-0.2, 0) is 7.05 Å². The fourth-order valence-electron chi connectivity index (χ4n) is 1.40. The normalized spacial score (nSPS) is 10.7. The van der Waals surface area contributed by atoms with Crippen LogP contribution < -0.4 is 5.73 Å². The van der Waals surface area contributed by atoms with E-state index in [1.807, 2.05) is 36.9 Å². The second-order valence-corrected chi connectivity index (χ2v) is 4.97. The van der Waals surface area contributed by atoms with Crippen molar-refractivity contribution in [1.82, 2.24) is 9.78 Å². The highest BCUT2D eigenvalue weighted by Gasteiger charge is 2.08. The molecule has 0 bridgehead atoms. The summed E-state index contributed by atoms with van der Waals surface area (Å²) >= 11 is 7.53. The van der Waals surface area contributed by atoms with Gasteiger partial charge in [0, 0.05) is 11.9 Å². The first-order valence-electron chi connectivity index (χ1n) is 4.80. The quantitative estimate of drug-likeness (QED) is 0.837. The lowest BCUT2D eigenvalue weighted by Gasteiger charge is -2.06. The number of benzene rings is 1. The number of nitrogen functional groups attached to an aromatic ring is 1. The van der Waals surface area contributed by atoms with Crippen LogP contribution in [0.25, 0.3) is 0 Å². The van der Waals surface area contributed by atoms with Crippen molar-refractivity contribution in [2.24, 2.45) is 7.05 Å². The molecule has 3 nitrogen and oxygen atoms in total. The molecule has 0 aliphatic heterocycles. The molecule has 0 saturated heterocycles. The van der Waals surface area contributed by atoms with Gasteiger partial charge in [0.05, 0.1) is 21.4 Å². The van der Waals surface area contributed by atoms with Crippen LogP contribution in [0.3, 0.4) is 0 Å². The Morgan fingerprint density at radius 2 is 2.19 bits per heavy atom. The largest absolute Gasteiger partial charge is 0.397 e. The van der Waals surface area contributed by atoms with Crippen molar-refractivity contribution in [3.05, 3.63) is 35.0 Å². The van der Waals surface area contributed by atoms with Crippen LogP contribution >= 0.6 is 23.4 Å². The minimum atomic E-state index is 0.587. The second kappa shape index (κ2) is 4.39. The molecule has 2 aromatic rings. The van der Waals surface area contributed by atoms with Crippen LogP contribution in [0, 0.1) is 6.92 Å². The molecule has 0 saturated carbocycles. The summed E-state index contributed by atoms with van der Waals surface area (Å²) in [7, 11) is 1.91. The van der Waals surface area contributed by atoms with Crippen molar-refractivity contribution >= 4 is 29.1 Å². The molecule has 16 heavy (non-hydrogen) atoms. The maximum atomic E-state index is 5.96. The van der Waals surface area contributed by atoms with Gasteiger partial charge in [0.2, 0.25) is 0 Å². The van der Waals surface area contributed by atoms with Gasteiger partial charge in [0.25, 0.3) is 0 Å². The Labute approximate surface area is 104 Å². The van der Waals surface area contributed by atoms with Crippen molar-refractivity contribution in [3.63, 3.8) is 0 Å². The molecule has 1 heterocycles. The average molecular weight is 254 g/mol. The highest BCUT2D eigenvalue weighted by atomic mass is 35.5. The third kappa shape index (κ3) is 2.18. The Morgan fingerprint density at radius 1 is 1.44 bits per heavy atom. The van der Waals surface area contributed by atoms with Crippen molar-refractivity contribution in [3.8, 4) is 0 Å². The summed E-state index contributed by atoms with van der Waals surface area (Å²) in [4.78, 5) is 0.954. The molecular weight excluding hydrogens is 242 g/mol. The Hall–Kier alpha value is -1.13. The lowest BCUT2D eigenvalue weighted by Crippen LogP contribution is -1.94. The number of anilines is 1. The molecule has 0 aliphatic rings. The number of para-hydroxylation sites is 1. The maximum absolute atomic E-state index is 5.96. The Balaban J connectivity index is 2.34. The average Bonchev–Trinajstić information content (AvgIpc) is 2.53. The lowest BCUT2D eigenvalue weighted by atomic mass is 10.3. The van der Waals surface area contributed by atoms with Crippen molar-refractivity contribution in [2.75, 3.05) is 5.73 Å². The molecular formula is C11H12ClN3S. The molecule has 1 aromatic carbocycles. The van der Waals surface area contributed by atoms with Gasteiger partial charge < -0.3 is 5.73 Å². The second-order valence-electron chi connectivity index (χ2n) is 3.50. The van der Waals surface area contributed by atoms with Crippen LogP contribution in [0.15, 0.2) is 34.2 Å². The SMILES string of the molecule is Cc1cc(Sc2cccc(Cl)c2N)n(C)n1. The van der Waals surface area contributed by atoms with E-state index in [0.717, 1.165) is 15.6 Å². The van der Waals surface area contributed by atoms with Gasteiger partial charge in [-0.2, -0.15) is 5.10 Å². The monoisotopic (exact) mass is 253 g/mol. The minimum Gasteiger partial charge on any atom is -0.397 e. The van der Waals surface area contributed by atoms with Gasteiger partial charge in [-0.3, -0.25) is 4.68 Å². The predicted molar refractivity (Wildman–Crippen MR) is 67.9 cm³/mol. The molecule has 0 spiro atoms. The van der Waals surface area contributed by atoms with E-state index in [1.165, 1.54) is 0 Å². The van der Waals surface area contributed by atoms with Crippen molar-refractivity contribution in [1.29, 1.82) is 0 Å². The first-order chi connectivity index (χ1) is 7.58. The van der Waals surface area contributed by atoms with Crippen LogP contribution in [0.4, 0.5) is 5.69 Å². The molecule has 0 atom stereocenters. The van der Waals surface area contributed by atoms with Gasteiger partial charge in [-0.25, -0.2) is 0 Å². The molecule has 5 heteroatoms. The summed E-state index contributed by atoms with van der Waals surface area (Å²) in [5.74, 6) is 0. The van der Waals surface area contributed by atoms with Gasteiger partial charge in [0.15, 0.2) is 0 Å². The Kier molecular flexibility index (Phi) is 3.12. The smallest absolute Gasteiger partial charge is 0.0987 e. The van der Waals surface area contributed by atoms with Gasteiger partial charge in [-0.15, -0.1) is 0 Å². The van der Waals surface area contributed by atoms with Crippen LogP contribution in [0.5, 0.6) is 0 Å². The first-order valence-corrected chi connectivity index (χ1v) is 6.00. The highest BCUT2D eigenvalue weighted by Crippen LogP contribution is 2.35. The number of hydrogen-bond acceptors (Lipinski definition) is 3.